The molecule has 0 aliphatic carbocycles. The number of imidazole rings is 1. The van der Waals surface area contributed by atoms with Gasteiger partial charge in [0.05, 0.1) is 30.6 Å². The molecule has 0 atom stereocenters. The lowest BCUT2D eigenvalue weighted by molar-refractivity contribution is -0.732. The second-order valence-corrected chi connectivity index (χ2v) is 5.89. The minimum Gasteiger partial charge on any atom is -0.363 e. The van der Waals surface area contributed by atoms with Crippen molar-refractivity contribution in [2.45, 2.75) is 39.6 Å². The van der Waals surface area contributed by atoms with Gasteiger partial charge in [-0.05, 0) is 24.6 Å². The molecule has 24 heavy (non-hydrogen) atoms. The number of nitrogens with one attached hydrogen (secondary N) is 1. The van der Waals surface area contributed by atoms with E-state index in [0.29, 0.717) is 13.4 Å². The molecule has 1 N–H and O–H groups in total. The Bertz CT molecular complexity index is 769. The van der Waals surface area contributed by atoms with Crippen LogP contribution in [0.4, 0.5) is 5.69 Å². The standard InChI is InChI=1S/C19H25N4O/c1-2-3-6-12-24-16-22-11-7-8-17(13-22)20-14-23-15-21-18-9-4-5-10-19(18)23/h4-5,7-11,13,15,20H,2-3,6,12,14,16H2,1H3/q+1. The summed E-state index contributed by atoms with van der Waals surface area (Å²) in [6.07, 6.45) is 9.54. The van der Waals surface area contributed by atoms with Gasteiger partial charge in [0.15, 0.2) is 12.4 Å². The lowest BCUT2D eigenvalue weighted by Crippen LogP contribution is -2.34. The number of aromatic nitrogens is 3. The molecule has 5 nitrogen and oxygen atoms in total. The van der Waals surface area contributed by atoms with Gasteiger partial charge in [-0.1, -0.05) is 31.9 Å². The number of anilines is 1. The van der Waals surface area contributed by atoms with Gasteiger partial charge < -0.3 is 14.6 Å². The molecule has 0 spiro atoms. The normalized spacial score (nSPS) is 11.0. The van der Waals surface area contributed by atoms with Crippen LogP contribution in [0.15, 0.2) is 55.1 Å². The Morgan fingerprint density at radius 2 is 2.08 bits per heavy atom. The van der Waals surface area contributed by atoms with E-state index in [2.05, 4.69) is 44.7 Å². The van der Waals surface area contributed by atoms with Gasteiger partial charge in [0.25, 0.3) is 6.73 Å². The number of hydrogen-bond acceptors (Lipinski definition) is 3. The van der Waals surface area contributed by atoms with Crippen molar-refractivity contribution in [3.8, 4) is 0 Å². The number of ether oxygens (including phenoxy) is 1. The molecule has 0 amide bonds. The maximum Gasteiger partial charge on any atom is 0.252 e. The molecule has 1 aromatic carbocycles. The lowest BCUT2D eigenvalue weighted by Gasteiger charge is -2.07. The smallest absolute Gasteiger partial charge is 0.252 e. The average Bonchev–Trinajstić information content (AvgIpc) is 3.03. The van der Waals surface area contributed by atoms with E-state index in [4.69, 9.17) is 4.74 Å². The first-order valence-corrected chi connectivity index (χ1v) is 8.57. The van der Waals surface area contributed by atoms with Crippen LogP contribution in [0.2, 0.25) is 0 Å². The summed E-state index contributed by atoms with van der Waals surface area (Å²) < 4.78 is 9.87. The van der Waals surface area contributed by atoms with Crippen LogP contribution in [-0.4, -0.2) is 16.2 Å². The molecule has 0 radical (unpaired) electrons. The molecule has 0 unspecified atom stereocenters. The third kappa shape index (κ3) is 4.32. The second-order valence-electron chi connectivity index (χ2n) is 5.89. The predicted octanol–water partition coefficient (Wildman–Crippen LogP) is 3.56. The van der Waals surface area contributed by atoms with Crippen molar-refractivity contribution >= 4 is 16.7 Å². The van der Waals surface area contributed by atoms with E-state index in [9.17, 15) is 0 Å². The molecule has 0 bridgehead atoms. The van der Waals surface area contributed by atoms with Gasteiger partial charge in [0.1, 0.15) is 5.69 Å². The van der Waals surface area contributed by atoms with Crippen molar-refractivity contribution in [3.05, 3.63) is 55.1 Å². The fourth-order valence-corrected chi connectivity index (χ4v) is 2.64. The largest absolute Gasteiger partial charge is 0.363 e. The highest BCUT2D eigenvalue weighted by Crippen LogP contribution is 2.12. The first kappa shape index (κ1) is 16.5. The summed E-state index contributed by atoms with van der Waals surface area (Å²) in [6, 6.07) is 12.2. The molecule has 2 aromatic heterocycles. The fraction of sp³-hybridized carbons (Fsp3) is 0.368. The van der Waals surface area contributed by atoms with Crippen LogP contribution in [0, 0.1) is 0 Å². The van der Waals surface area contributed by atoms with Crippen molar-refractivity contribution in [2.75, 3.05) is 11.9 Å². The zero-order valence-electron chi connectivity index (χ0n) is 14.2. The first-order valence-electron chi connectivity index (χ1n) is 8.57. The topological polar surface area (TPSA) is 43.0 Å². The molecule has 126 valence electrons. The van der Waals surface area contributed by atoms with Gasteiger partial charge in [0.2, 0.25) is 0 Å². The minimum absolute atomic E-state index is 0.591. The van der Waals surface area contributed by atoms with Crippen molar-refractivity contribution in [1.82, 2.24) is 9.55 Å². The second kappa shape index (κ2) is 8.45. The molecule has 3 rings (SSSR count). The van der Waals surface area contributed by atoms with Gasteiger partial charge in [-0.25, -0.2) is 4.98 Å². The van der Waals surface area contributed by atoms with E-state index >= 15 is 0 Å². The molecule has 0 aliphatic rings. The van der Waals surface area contributed by atoms with Gasteiger partial charge in [-0.3, -0.25) is 0 Å². The maximum absolute atomic E-state index is 5.70. The maximum atomic E-state index is 5.70. The Balaban J connectivity index is 1.54. The SMILES string of the molecule is CCCCCOC[n+]1cccc(NCn2cnc3ccccc32)c1. The van der Waals surface area contributed by atoms with Crippen LogP contribution in [0.1, 0.15) is 26.2 Å². The van der Waals surface area contributed by atoms with Gasteiger partial charge >= 0.3 is 0 Å². The number of fused-ring (bicyclic) bond motifs is 1. The van der Waals surface area contributed by atoms with Crippen LogP contribution in [0.25, 0.3) is 11.0 Å². The minimum atomic E-state index is 0.591. The van der Waals surface area contributed by atoms with Crippen molar-refractivity contribution in [2.24, 2.45) is 0 Å². The van der Waals surface area contributed by atoms with Crippen LogP contribution in [0.3, 0.4) is 0 Å². The molecule has 2 heterocycles. The average molecular weight is 325 g/mol. The van der Waals surface area contributed by atoms with E-state index in [-0.39, 0.29) is 0 Å². The summed E-state index contributed by atoms with van der Waals surface area (Å²) in [5.74, 6) is 0. The molecule has 3 aromatic rings. The molecule has 0 fully saturated rings. The highest BCUT2D eigenvalue weighted by atomic mass is 16.5. The Morgan fingerprint density at radius 3 is 3.00 bits per heavy atom. The molecule has 0 saturated heterocycles. The third-order valence-electron chi connectivity index (χ3n) is 3.97. The molecule has 0 saturated carbocycles. The zero-order valence-corrected chi connectivity index (χ0v) is 14.2. The summed E-state index contributed by atoms with van der Waals surface area (Å²) in [7, 11) is 0. The predicted molar refractivity (Wildman–Crippen MR) is 95.5 cm³/mol. The molecular formula is C19H25N4O+. The summed E-state index contributed by atoms with van der Waals surface area (Å²) >= 11 is 0. The number of unbranched alkanes of at least 4 members (excludes halogenated alkanes) is 2. The highest BCUT2D eigenvalue weighted by molar-refractivity contribution is 5.74. The summed E-state index contributed by atoms with van der Waals surface area (Å²) in [5, 5.41) is 3.44. The number of rotatable bonds is 9. The third-order valence-corrected chi connectivity index (χ3v) is 3.97. The Labute approximate surface area is 142 Å². The van der Waals surface area contributed by atoms with Gasteiger partial charge in [0, 0.05) is 6.07 Å². The van der Waals surface area contributed by atoms with Gasteiger partial charge in [-0.2, -0.15) is 4.57 Å². The van der Waals surface area contributed by atoms with Crippen LogP contribution in [0.5, 0.6) is 0 Å². The molecule has 5 heteroatoms. The number of para-hydroxylation sites is 2. The number of benzene rings is 1. The van der Waals surface area contributed by atoms with Crippen LogP contribution >= 0.6 is 0 Å². The fourth-order valence-electron chi connectivity index (χ4n) is 2.64. The number of nitrogens with zero attached hydrogens (tertiary/aromatic N) is 3. The van der Waals surface area contributed by atoms with Crippen molar-refractivity contribution in [1.29, 1.82) is 0 Å². The highest BCUT2D eigenvalue weighted by Gasteiger charge is 2.04. The quantitative estimate of drug-likeness (QED) is 0.483. The van der Waals surface area contributed by atoms with E-state index in [0.717, 1.165) is 29.7 Å². The molecular weight excluding hydrogens is 300 g/mol. The first-order chi connectivity index (χ1) is 11.9. The van der Waals surface area contributed by atoms with E-state index < -0.39 is 0 Å². The monoisotopic (exact) mass is 325 g/mol. The van der Waals surface area contributed by atoms with Crippen LogP contribution < -0.4 is 9.88 Å². The van der Waals surface area contributed by atoms with Crippen molar-refractivity contribution < 1.29 is 9.30 Å². The number of pyridine rings is 1. The summed E-state index contributed by atoms with van der Waals surface area (Å²) in [6.45, 7) is 4.29. The lowest BCUT2D eigenvalue weighted by atomic mass is 10.3. The summed E-state index contributed by atoms with van der Waals surface area (Å²) in [4.78, 5) is 4.41. The van der Waals surface area contributed by atoms with E-state index in [1.54, 1.807) is 0 Å². The van der Waals surface area contributed by atoms with Crippen LogP contribution in [-0.2, 0) is 18.1 Å². The Morgan fingerprint density at radius 1 is 1.17 bits per heavy atom. The summed E-state index contributed by atoms with van der Waals surface area (Å²) in [5.41, 5.74) is 3.21. The van der Waals surface area contributed by atoms with Gasteiger partial charge in [-0.15, -0.1) is 0 Å². The van der Waals surface area contributed by atoms with E-state index in [1.165, 1.54) is 12.8 Å². The van der Waals surface area contributed by atoms with Crippen molar-refractivity contribution in [3.63, 3.8) is 0 Å². The van der Waals surface area contributed by atoms with E-state index in [1.807, 2.05) is 36.8 Å². The number of hydrogen-bond donors (Lipinski definition) is 1. The Kier molecular flexibility index (Phi) is 5.80. The zero-order chi connectivity index (χ0) is 16.6. The Hall–Kier alpha value is -2.40. The molecule has 0 aliphatic heterocycles.